The molecule has 0 aromatic rings. The van der Waals surface area contributed by atoms with Crippen molar-refractivity contribution in [2.45, 2.75) is 167 Å². The molecule has 0 saturated heterocycles. The number of carbonyl (C=O) groups excluding carboxylic acids is 1. The lowest BCUT2D eigenvalue weighted by Crippen LogP contribution is -2.30. The maximum atomic E-state index is 12.3. The first-order valence-electron chi connectivity index (χ1n) is 19.7. The molecule has 4 nitrogen and oxygen atoms in total. The summed E-state index contributed by atoms with van der Waals surface area (Å²) in [5, 5.41) is 3.07. The number of amides is 1. The zero-order chi connectivity index (χ0) is 34.3. The third-order valence-corrected chi connectivity index (χ3v) is 8.62. The van der Waals surface area contributed by atoms with Crippen molar-refractivity contribution in [2.75, 3.05) is 33.8 Å². The number of terminal acetylenes is 1. The highest BCUT2D eigenvalue weighted by molar-refractivity contribution is 5.67. The van der Waals surface area contributed by atoms with Gasteiger partial charge < -0.3 is 15.0 Å². The second-order valence-corrected chi connectivity index (χ2v) is 13.5. The van der Waals surface area contributed by atoms with Gasteiger partial charge in [-0.25, -0.2) is 4.79 Å². The Morgan fingerprint density at radius 3 is 1.62 bits per heavy atom. The van der Waals surface area contributed by atoms with Crippen LogP contribution in [0.5, 0.6) is 0 Å². The minimum atomic E-state index is -0.250. The van der Waals surface area contributed by atoms with Gasteiger partial charge in [0.15, 0.2) is 0 Å². The fourth-order valence-corrected chi connectivity index (χ4v) is 5.67. The van der Waals surface area contributed by atoms with Crippen LogP contribution in [-0.2, 0) is 4.74 Å². The van der Waals surface area contributed by atoms with Crippen LogP contribution in [0.4, 0.5) is 4.79 Å². The molecule has 1 unspecified atom stereocenters. The lowest BCUT2D eigenvalue weighted by atomic mass is 9.94. The molecule has 0 rings (SSSR count). The summed E-state index contributed by atoms with van der Waals surface area (Å²) in [6.45, 7) is 4.43. The quantitative estimate of drug-likeness (QED) is 0.0427. The van der Waals surface area contributed by atoms with Gasteiger partial charge in [0.2, 0.25) is 0 Å². The van der Waals surface area contributed by atoms with Crippen LogP contribution in [0.1, 0.15) is 167 Å². The predicted molar refractivity (Wildman–Crippen MR) is 208 cm³/mol. The zero-order valence-corrected chi connectivity index (χ0v) is 31.3. The molecule has 0 radical (unpaired) electrons. The van der Waals surface area contributed by atoms with E-state index in [1.807, 2.05) is 14.1 Å². The van der Waals surface area contributed by atoms with E-state index in [4.69, 9.17) is 11.2 Å². The molecule has 1 N–H and O–H groups in total. The Bertz CT molecular complexity index is 820. The molecule has 4 heteroatoms. The average Bonchev–Trinajstić information content (AvgIpc) is 3.06. The average molecular weight is 653 g/mol. The summed E-state index contributed by atoms with van der Waals surface area (Å²) >= 11 is 0. The first-order chi connectivity index (χ1) is 23.1. The highest BCUT2D eigenvalue weighted by atomic mass is 16.5. The number of nitrogens with zero attached hydrogens (tertiary/aromatic N) is 1. The number of rotatable bonds is 34. The smallest absolute Gasteiger partial charge is 0.407 e. The molecule has 270 valence electrons. The maximum absolute atomic E-state index is 12.3. The third-order valence-electron chi connectivity index (χ3n) is 8.62. The largest absolute Gasteiger partial charge is 0.450 e. The van der Waals surface area contributed by atoms with Crippen molar-refractivity contribution in [3.63, 3.8) is 0 Å². The molecule has 0 aromatic heterocycles. The van der Waals surface area contributed by atoms with E-state index < -0.39 is 0 Å². The van der Waals surface area contributed by atoms with Gasteiger partial charge in [-0.1, -0.05) is 133 Å². The maximum Gasteiger partial charge on any atom is 0.407 e. The van der Waals surface area contributed by atoms with Gasteiger partial charge >= 0.3 is 6.09 Å². The Labute approximate surface area is 293 Å². The first-order valence-corrected chi connectivity index (χ1v) is 19.7. The molecule has 1 atom stereocenters. The molecule has 0 aliphatic rings. The fraction of sp³-hybridized carbons (Fsp3) is 0.744. The molecular formula is C43H76N2O2. The Balaban J connectivity index is 4.10. The number of nitrogens with one attached hydrogen (secondary N) is 1. The van der Waals surface area contributed by atoms with E-state index in [0.29, 0.717) is 12.5 Å². The third kappa shape index (κ3) is 38.1. The van der Waals surface area contributed by atoms with Crippen molar-refractivity contribution < 1.29 is 9.53 Å². The van der Waals surface area contributed by atoms with E-state index in [0.717, 1.165) is 45.2 Å². The molecule has 1 amide bonds. The Kier molecular flexibility index (Phi) is 36.4. The minimum absolute atomic E-state index is 0.250. The van der Waals surface area contributed by atoms with Crippen LogP contribution in [0, 0.1) is 18.3 Å². The molecule has 0 aliphatic heterocycles. The first kappa shape index (κ1) is 44.8. The summed E-state index contributed by atoms with van der Waals surface area (Å²) in [7, 11) is 4.09. The van der Waals surface area contributed by atoms with Crippen LogP contribution in [0.15, 0.2) is 48.6 Å². The van der Waals surface area contributed by atoms with Crippen LogP contribution >= 0.6 is 0 Å². The van der Waals surface area contributed by atoms with Gasteiger partial charge in [0.05, 0.1) is 6.61 Å². The lowest BCUT2D eigenvalue weighted by Gasteiger charge is -2.18. The highest BCUT2D eigenvalue weighted by Gasteiger charge is 2.11. The van der Waals surface area contributed by atoms with Crippen LogP contribution < -0.4 is 5.32 Å². The summed E-state index contributed by atoms with van der Waals surface area (Å²) in [6.07, 6.45) is 53.9. The number of ether oxygens (including phenoxy) is 1. The Morgan fingerprint density at radius 2 is 1.13 bits per heavy atom. The lowest BCUT2D eigenvalue weighted by molar-refractivity contribution is 0.139. The van der Waals surface area contributed by atoms with Gasteiger partial charge in [0.25, 0.3) is 0 Å². The summed E-state index contributed by atoms with van der Waals surface area (Å²) in [6, 6.07) is 0. The van der Waals surface area contributed by atoms with Gasteiger partial charge in [0.1, 0.15) is 0 Å². The molecule has 0 spiro atoms. The van der Waals surface area contributed by atoms with Gasteiger partial charge in [0, 0.05) is 19.5 Å². The van der Waals surface area contributed by atoms with Crippen LogP contribution in [0.2, 0.25) is 0 Å². The van der Waals surface area contributed by atoms with Crippen molar-refractivity contribution in [2.24, 2.45) is 5.92 Å². The van der Waals surface area contributed by atoms with Crippen molar-refractivity contribution in [3.05, 3.63) is 48.6 Å². The van der Waals surface area contributed by atoms with E-state index >= 15 is 0 Å². The molecular weight excluding hydrogens is 576 g/mol. The second kappa shape index (κ2) is 38.2. The highest BCUT2D eigenvalue weighted by Crippen LogP contribution is 2.19. The molecule has 47 heavy (non-hydrogen) atoms. The second-order valence-electron chi connectivity index (χ2n) is 13.5. The normalized spacial score (nSPS) is 12.7. The zero-order valence-electron chi connectivity index (χ0n) is 31.3. The number of hydrogen-bond acceptors (Lipinski definition) is 3. The monoisotopic (exact) mass is 653 g/mol. The van der Waals surface area contributed by atoms with E-state index in [9.17, 15) is 4.79 Å². The van der Waals surface area contributed by atoms with Gasteiger partial charge in [-0.05, 0) is 97.1 Å². The summed E-state index contributed by atoms with van der Waals surface area (Å²) in [5.41, 5.74) is 0. The summed E-state index contributed by atoms with van der Waals surface area (Å²) in [4.78, 5) is 14.4. The van der Waals surface area contributed by atoms with Crippen molar-refractivity contribution in [1.29, 1.82) is 0 Å². The van der Waals surface area contributed by atoms with Crippen LogP contribution in [0.25, 0.3) is 0 Å². The number of hydrogen-bond donors (Lipinski definition) is 1. The molecule has 0 saturated carbocycles. The Hall–Kier alpha value is -2.25. The van der Waals surface area contributed by atoms with Gasteiger partial charge in [-0.15, -0.1) is 12.3 Å². The van der Waals surface area contributed by atoms with Crippen molar-refractivity contribution >= 4 is 6.09 Å². The van der Waals surface area contributed by atoms with Crippen molar-refractivity contribution in [1.82, 2.24) is 10.2 Å². The molecule has 0 aliphatic carbocycles. The standard InChI is InChI=1S/C43H76N2O2/c1-5-7-9-11-13-15-17-19-21-23-25-27-29-31-33-35-38-42(41-44-43(46)47-40-36-39-45(3)4)37-34-32-30-28-26-24-22-20-18-16-14-12-10-8-6-2/h2,12-15,18-21,42H,5,7-11,16-17,22-41H2,1,3-4H3,(H,44,46). The molecule has 0 aromatic carbocycles. The molecule has 0 heterocycles. The Morgan fingerprint density at radius 1 is 0.660 bits per heavy atom. The number of carbonyl (C=O) groups is 1. The number of allylic oxidation sites excluding steroid dienone is 8. The van der Waals surface area contributed by atoms with Gasteiger partial charge in [-0.2, -0.15) is 0 Å². The number of alkyl carbamates (subject to hydrolysis) is 1. The molecule has 0 fully saturated rings. The SMILES string of the molecule is C#CCCC=CCC=CCCCCCCCCC(CCCCCCCCC=CCC=CCCCCC)CNC(=O)OCCCN(C)C. The van der Waals surface area contributed by atoms with Crippen LogP contribution in [0.3, 0.4) is 0 Å². The van der Waals surface area contributed by atoms with E-state index in [1.54, 1.807) is 0 Å². The van der Waals surface area contributed by atoms with Crippen molar-refractivity contribution in [3.8, 4) is 12.3 Å². The minimum Gasteiger partial charge on any atom is -0.450 e. The topological polar surface area (TPSA) is 41.6 Å². The van der Waals surface area contributed by atoms with E-state index in [2.05, 4.69) is 71.7 Å². The van der Waals surface area contributed by atoms with E-state index in [-0.39, 0.29) is 6.09 Å². The summed E-state index contributed by atoms with van der Waals surface area (Å²) in [5.74, 6) is 3.23. The fourth-order valence-electron chi connectivity index (χ4n) is 5.67. The number of unbranched alkanes of at least 4 members (excludes halogenated alkanes) is 16. The molecule has 0 bridgehead atoms. The summed E-state index contributed by atoms with van der Waals surface area (Å²) < 4.78 is 5.41. The van der Waals surface area contributed by atoms with Crippen LogP contribution in [-0.4, -0.2) is 44.8 Å². The predicted octanol–water partition coefficient (Wildman–Crippen LogP) is 12.5. The van der Waals surface area contributed by atoms with Gasteiger partial charge in [-0.3, -0.25) is 0 Å². The van der Waals surface area contributed by atoms with E-state index in [1.165, 1.54) is 128 Å².